The number of amides is 1. The van der Waals surface area contributed by atoms with Gasteiger partial charge in [-0.1, -0.05) is 68.4 Å². The van der Waals surface area contributed by atoms with Gasteiger partial charge >= 0.3 is 0 Å². The lowest BCUT2D eigenvalue weighted by Crippen LogP contribution is -2.26. The lowest BCUT2D eigenvalue weighted by Gasteiger charge is -2.06. The molecule has 0 aliphatic rings. The minimum Gasteiger partial charge on any atom is -0.351 e. The van der Waals surface area contributed by atoms with Crippen molar-refractivity contribution in [2.24, 2.45) is 0 Å². The molecule has 0 radical (unpaired) electrons. The third-order valence-corrected chi connectivity index (χ3v) is 3.82. The Morgan fingerprint density at radius 2 is 1.79 bits per heavy atom. The lowest BCUT2D eigenvalue weighted by molar-refractivity contribution is -0.117. The van der Waals surface area contributed by atoms with Gasteiger partial charge in [0.15, 0.2) is 0 Å². The molecule has 122 valence electrons. The predicted octanol–water partition coefficient (Wildman–Crippen LogP) is 4.08. The van der Waals surface area contributed by atoms with Crippen molar-refractivity contribution in [3.05, 3.63) is 76.9 Å². The third kappa shape index (κ3) is 5.10. The fourth-order valence-electron chi connectivity index (χ4n) is 2.35. The Balaban J connectivity index is 1.96. The van der Waals surface area contributed by atoms with Crippen molar-refractivity contribution in [3.63, 3.8) is 0 Å². The van der Waals surface area contributed by atoms with E-state index in [1.54, 1.807) is 6.08 Å². The Labute approximate surface area is 143 Å². The summed E-state index contributed by atoms with van der Waals surface area (Å²) in [6.45, 7) is 4.77. The van der Waals surface area contributed by atoms with Crippen LogP contribution in [0.5, 0.6) is 0 Å². The fraction of sp³-hybridized carbons (Fsp3) is 0.238. The van der Waals surface area contributed by atoms with Gasteiger partial charge in [0.25, 0.3) is 5.91 Å². The van der Waals surface area contributed by atoms with Gasteiger partial charge in [0.2, 0.25) is 0 Å². The van der Waals surface area contributed by atoms with E-state index in [1.807, 2.05) is 60.7 Å². The van der Waals surface area contributed by atoms with Crippen LogP contribution in [0.4, 0.5) is 0 Å². The molecule has 0 atom stereocenters. The number of nitriles is 1. The largest absolute Gasteiger partial charge is 0.351 e. The molecule has 0 bridgehead atoms. The molecule has 0 spiro atoms. The zero-order valence-corrected chi connectivity index (χ0v) is 14.1. The summed E-state index contributed by atoms with van der Waals surface area (Å²) in [5.74, 6) is 0.126. The number of nitrogens with one attached hydrogen (secondary N) is 1. The van der Waals surface area contributed by atoms with E-state index in [4.69, 9.17) is 0 Å². The molecule has 0 fully saturated rings. The van der Waals surface area contributed by atoms with Crippen LogP contribution in [0.2, 0.25) is 0 Å². The lowest BCUT2D eigenvalue weighted by atomic mass is 10.0. The summed E-state index contributed by atoms with van der Waals surface area (Å²) in [5, 5.41) is 12.0. The number of carbonyl (C=O) groups excluding carboxylic acids is 1. The van der Waals surface area contributed by atoms with Crippen LogP contribution < -0.4 is 5.32 Å². The molecule has 0 saturated heterocycles. The summed E-state index contributed by atoms with van der Waals surface area (Å²) in [6, 6.07) is 19.8. The van der Waals surface area contributed by atoms with E-state index in [0.717, 1.165) is 17.5 Å². The van der Waals surface area contributed by atoms with Gasteiger partial charge in [-0.05, 0) is 35.1 Å². The highest BCUT2D eigenvalue weighted by molar-refractivity contribution is 6.01. The van der Waals surface area contributed by atoms with Crippen molar-refractivity contribution >= 4 is 12.0 Å². The molecule has 0 saturated carbocycles. The second-order valence-corrected chi connectivity index (χ2v) is 5.98. The molecule has 0 heterocycles. The first-order valence-corrected chi connectivity index (χ1v) is 8.14. The Kier molecular flexibility index (Phi) is 6.33. The third-order valence-electron chi connectivity index (χ3n) is 3.82. The smallest absolute Gasteiger partial charge is 0.261 e. The molecular formula is C21H22N2O. The quantitative estimate of drug-likeness (QED) is 0.644. The molecule has 0 unspecified atom stereocenters. The summed E-state index contributed by atoms with van der Waals surface area (Å²) < 4.78 is 0. The second kappa shape index (κ2) is 8.69. The first-order valence-electron chi connectivity index (χ1n) is 8.14. The van der Waals surface area contributed by atoms with Gasteiger partial charge in [-0.25, -0.2) is 0 Å². The van der Waals surface area contributed by atoms with E-state index in [0.29, 0.717) is 12.5 Å². The topological polar surface area (TPSA) is 52.9 Å². The average Bonchev–Trinajstić information content (AvgIpc) is 2.60. The molecule has 1 N–H and O–H groups in total. The number of rotatable bonds is 6. The maximum absolute atomic E-state index is 12.1. The normalized spacial score (nSPS) is 11.2. The van der Waals surface area contributed by atoms with Crippen LogP contribution >= 0.6 is 0 Å². The van der Waals surface area contributed by atoms with Gasteiger partial charge in [0, 0.05) is 6.54 Å². The van der Waals surface area contributed by atoms with Gasteiger partial charge in [-0.15, -0.1) is 0 Å². The molecule has 0 aromatic heterocycles. The highest BCUT2D eigenvalue weighted by Crippen LogP contribution is 2.16. The monoisotopic (exact) mass is 318 g/mol. The molecule has 3 heteroatoms. The minimum atomic E-state index is -0.332. The van der Waals surface area contributed by atoms with Crippen LogP contribution in [-0.4, -0.2) is 12.5 Å². The number of hydrogen-bond donors (Lipinski definition) is 1. The summed E-state index contributed by atoms with van der Waals surface area (Å²) in [5.41, 5.74) is 3.37. The summed E-state index contributed by atoms with van der Waals surface area (Å²) in [6.07, 6.45) is 2.37. The SMILES string of the molecule is CC(C)c1ccc(C=C(C#N)C(=O)NCCc2ccccc2)cc1. The molecule has 2 aromatic carbocycles. The molecule has 24 heavy (non-hydrogen) atoms. The van der Waals surface area contributed by atoms with Crippen molar-refractivity contribution in [2.75, 3.05) is 6.54 Å². The van der Waals surface area contributed by atoms with E-state index in [2.05, 4.69) is 19.2 Å². The van der Waals surface area contributed by atoms with Crippen LogP contribution in [0.3, 0.4) is 0 Å². The maximum atomic E-state index is 12.1. The van der Waals surface area contributed by atoms with Gasteiger partial charge in [0.1, 0.15) is 11.6 Å². The molecule has 1 amide bonds. The first-order chi connectivity index (χ1) is 11.6. The average molecular weight is 318 g/mol. The summed E-state index contributed by atoms with van der Waals surface area (Å²) >= 11 is 0. The molecule has 0 aliphatic heterocycles. The highest BCUT2D eigenvalue weighted by atomic mass is 16.1. The minimum absolute atomic E-state index is 0.125. The molecular weight excluding hydrogens is 296 g/mol. The van der Waals surface area contributed by atoms with Crippen LogP contribution in [0.15, 0.2) is 60.2 Å². The zero-order valence-electron chi connectivity index (χ0n) is 14.1. The molecule has 2 aromatic rings. The standard InChI is InChI=1S/C21H22N2O/c1-16(2)19-10-8-18(9-11-19)14-20(15-22)21(24)23-13-12-17-6-4-3-5-7-17/h3-11,14,16H,12-13H2,1-2H3,(H,23,24). The van der Waals surface area contributed by atoms with E-state index in [9.17, 15) is 10.1 Å². The van der Waals surface area contributed by atoms with Crippen LogP contribution in [0.25, 0.3) is 6.08 Å². The van der Waals surface area contributed by atoms with E-state index in [-0.39, 0.29) is 11.5 Å². The van der Waals surface area contributed by atoms with E-state index >= 15 is 0 Å². The number of hydrogen-bond acceptors (Lipinski definition) is 2. The number of carbonyl (C=O) groups is 1. The summed E-state index contributed by atoms with van der Waals surface area (Å²) in [7, 11) is 0. The van der Waals surface area contributed by atoms with Gasteiger partial charge in [-0.2, -0.15) is 5.26 Å². The first kappa shape index (κ1) is 17.5. The molecule has 0 aliphatic carbocycles. The Morgan fingerprint density at radius 3 is 2.38 bits per heavy atom. The molecule has 3 nitrogen and oxygen atoms in total. The van der Waals surface area contributed by atoms with Crippen molar-refractivity contribution in [2.45, 2.75) is 26.2 Å². The van der Waals surface area contributed by atoms with Crippen molar-refractivity contribution in [1.82, 2.24) is 5.32 Å². The Bertz CT molecular complexity index is 738. The van der Waals surface area contributed by atoms with E-state index < -0.39 is 0 Å². The van der Waals surface area contributed by atoms with Gasteiger partial charge < -0.3 is 5.32 Å². The van der Waals surface area contributed by atoms with Gasteiger partial charge in [0.05, 0.1) is 0 Å². The fourth-order valence-corrected chi connectivity index (χ4v) is 2.35. The van der Waals surface area contributed by atoms with Crippen molar-refractivity contribution in [3.8, 4) is 6.07 Å². The Morgan fingerprint density at radius 1 is 1.12 bits per heavy atom. The van der Waals surface area contributed by atoms with Crippen LogP contribution in [-0.2, 0) is 11.2 Å². The second-order valence-electron chi connectivity index (χ2n) is 5.98. The molecule has 2 rings (SSSR count). The van der Waals surface area contributed by atoms with Crippen LogP contribution in [0.1, 0.15) is 36.5 Å². The maximum Gasteiger partial charge on any atom is 0.261 e. The van der Waals surface area contributed by atoms with Crippen LogP contribution in [0, 0.1) is 11.3 Å². The number of benzene rings is 2. The van der Waals surface area contributed by atoms with Crippen molar-refractivity contribution in [1.29, 1.82) is 5.26 Å². The summed E-state index contributed by atoms with van der Waals surface area (Å²) in [4.78, 5) is 12.1. The highest BCUT2D eigenvalue weighted by Gasteiger charge is 2.08. The van der Waals surface area contributed by atoms with Gasteiger partial charge in [-0.3, -0.25) is 4.79 Å². The van der Waals surface area contributed by atoms with Crippen molar-refractivity contribution < 1.29 is 4.79 Å². The number of nitrogens with zero attached hydrogens (tertiary/aromatic N) is 1. The Hall–Kier alpha value is -2.86. The van der Waals surface area contributed by atoms with E-state index in [1.165, 1.54) is 5.56 Å². The zero-order chi connectivity index (χ0) is 17.4. The predicted molar refractivity (Wildman–Crippen MR) is 97.3 cm³/mol.